The van der Waals surface area contributed by atoms with Gasteiger partial charge < -0.3 is 14.6 Å². The number of hydrogen-bond acceptors (Lipinski definition) is 5. The van der Waals surface area contributed by atoms with E-state index in [-0.39, 0.29) is 11.8 Å². The molecule has 0 bridgehead atoms. The van der Waals surface area contributed by atoms with Gasteiger partial charge in [0, 0.05) is 18.7 Å². The van der Waals surface area contributed by atoms with Crippen molar-refractivity contribution in [3.05, 3.63) is 47.5 Å². The summed E-state index contributed by atoms with van der Waals surface area (Å²) in [6.07, 6.45) is 0. The number of anilines is 2. The Morgan fingerprint density at radius 1 is 1.28 bits per heavy atom. The topological polar surface area (TPSA) is 76.5 Å². The van der Waals surface area contributed by atoms with E-state index >= 15 is 0 Å². The number of nitrogens with one attached hydrogen (secondary N) is 1. The van der Waals surface area contributed by atoms with Crippen LogP contribution < -0.4 is 10.2 Å². The van der Waals surface area contributed by atoms with Gasteiger partial charge in [-0.2, -0.15) is 0 Å². The molecule has 7 nitrogen and oxygen atoms in total. The fourth-order valence-corrected chi connectivity index (χ4v) is 4.96. The second kappa shape index (κ2) is 8.77. The zero-order valence-electron chi connectivity index (χ0n) is 18.4. The molecule has 2 aromatic carbocycles. The van der Waals surface area contributed by atoms with Gasteiger partial charge in [-0.3, -0.25) is 14.5 Å². The third-order valence-corrected chi connectivity index (χ3v) is 6.87. The lowest BCUT2D eigenvalue weighted by Crippen LogP contribution is -2.60. The largest absolute Gasteiger partial charge is 0.383 e. The van der Waals surface area contributed by atoms with E-state index in [1.54, 1.807) is 31.9 Å². The van der Waals surface area contributed by atoms with Gasteiger partial charge in [0.1, 0.15) is 5.54 Å². The summed E-state index contributed by atoms with van der Waals surface area (Å²) in [4.78, 5) is 32.7. The van der Waals surface area contributed by atoms with Crippen LogP contribution in [0.3, 0.4) is 0 Å². The van der Waals surface area contributed by atoms with E-state index < -0.39 is 10.8 Å². The van der Waals surface area contributed by atoms with Gasteiger partial charge in [0.2, 0.25) is 11.8 Å². The van der Waals surface area contributed by atoms with Crippen LogP contribution in [0.25, 0.3) is 11.0 Å². The number of aromatic nitrogens is 2. The van der Waals surface area contributed by atoms with Crippen molar-refractivity contribution in [2.45, 2.75) is 43.3 Å². The number of hydrogen-bond donors (Lipinski definition) is 1. The molecule has 2 amide bonds. The standard InChI is InChI=1S/C23H25ClN4O3S/c1-14(20(29)28-19-8-6-5-7-16(19)25-21(30)23(28,2)3)32-22-26-17-13-15(24)9-10-18(17)27(22)11-12-31-4/h5-10,13-14H,11-12H2,1-4H3,(H,25,30). The molecule has 0 fully saturated rings. The van der Waals surface area contributed by atoms with Crippen molar-refractivity contribution in [3.63, 3.8) is 0 Å². The highest BCUT2D eigenvalue weighted by Crippen LogP contribution is 2.39. The molecule has 1 N–H and O–H groups in total. The molecule has 0 radical (unpaired) electrons. The van der Waals surface area contributed by atoms with Crippen molar-refractivity contribution in [2.24, 2.45) is 0 Å². The van der Waals surface area contributed by atoms with Crippen LogP contribution in [0.15, 0.2) is 47.6 Å². The van der Waals surface area contributed by atoms with Crippen LogP contribution in [0.4, 0.5) is 11.4 Å². The molecule has 0 spiro atoms. The minimum Gasteiger partial charge on any atom is -0.383 e. The molecule has 0 aliphatic carbocycles. The number of nitrogens with zero attached hydrogens (tertiary/aromatic N) is 3. The Morgan fingerprint density at radius 2 is 2.03 bits per heavy atom. The molecule has 1 aromatic heterocycles. The maximum absolute atomic E-state index is 13.7. The predicted molar refractivity (Wildman–Crippen MR) is 129 cm³/mol. The van der Waals surface area contributed by atoms with E-state index in [0.717, 1.165) is 11.0 Å². The van der Waals surface area contributed by atoms with Crippen molar-refractivity contribution in [1.29, 1.82) is 0 Å². The Balaban J connectivity index is 1.68. The lowest BCUT2D eigenvalue weighted by atomic mass is 9.96. The van der Waals surface area contributed by atoms with Gasteiger partial charge in [-0.15, -0.1) is 0 Å². The van der Waals surface area contributed by atoms with E-state index in [4.69, 9.17) is 21.3 Å². The Labute approximate surface area is 196 Å². The zero-order valence-corrected chi connectivity index (χ0v) is 20.0. The highest BCUT2D eigenvalue weighted by atomic mass is 35.5. The molecular formula is C23H25ClN4O3S. The van der Waals surface area contributed by atoms with E-state index in [1.165, 1.54) is 11.8 Å². The summed E-state index contributed by atoms with van der Waals surface area (Å²) in [5, 5.41) is 3.72. The molecule has 1 aliphatic rings. The Kier molecular flexibility index (Phi) is 6.20. The van der Waals surface area contributed by atoms with Crippen molar-refractivity contribution in [3.8, 4) is 0 Å². The molecule has 1 atom stereocenters. The molecule has 32 heavy (non-hydrogen) atoms. The van der Waals surface area contributed by atoms with Crippen molar-refractivity contribution >= 4 is 57.6 Å². The van der Waals surface area contributed by atoms with Crippen LogP contribution in [0.2, 0.25) is 5.02 Å². The molecule has 0 saturated heterocycles. The van der Waals surface area contributed by atoms with Gasteiger partial charge >= 0.3 is 0 Å². The summed E-state index contributed by atoms with van der Waals surface area (Å²) in [6, 6.07) is 12.9. The summed E-state index contributed by atoms with van der Waals surface area (Å²) in [6.45, 7) is 6.45. The number of halogens is 1. The fraction of sp³-hybridized carbons (Fsp3) is 0.348. The number of carbonyl (C=O) groups is 2. The molecule has 2 heterocycles. The average Bonchev–Trinajstić information content (AvgIpc) is 3.08. The van der Waals surface area contributed by atoms with E-state index in [9.17, 15) is 9.59 Å². The first kappa shape index (κ1) is 22.6. The van der Waals surface area contributed by atoms with E-state index in [0.29, 0.717) is 34.7 Å². The highest BCUT2D eigenvalue weighted by molar-refractivity contribution is 8.00. The Morgan fingerprint density at radius 3 is 2.78 bits per heavy atom. The maximum Gasteiger partial charge on any atom is 0.250 e. The number of ether oxygens (including phenoxy) is 1. The average molecular weight is 473 g/mol. The number of para-hydroxylation sites is 2. The minimum atomic E-state index is -1.02. The molecule has 168 valence electrons. The number of carbonyl (C=O) groups excluding carboxylic acids is 2. The zero-order chi connectivity index (χ0) is 23.0. The third-order valence-electron chi connectivity index (χ3n) is 5.55. The summed E-state index contributed by atoms with van der Waals surface area (Å²) >= 11 is 7.52. The van der Waals surface area contributed by atoms with Gasteiger partial charge in [0.15, 0.2) is 5.16 Å². The van der Waals surface area contributed by atoms with Crippen LogP contribution in [-0.2, 0) is 20.9 Å². The second-order valence-electron chi connectivity index (χ2n) is 8.14. The first-order chi connectivity index (χ1) is 15.2. The van der Waals surface area contributed by atoms with Gasteiger partial charge in [-0.25, -0.2) is 4.98 Å². The van der Waals surface area contributed by atoms with Crippen LogP contribution >= 0.6 is 23.4 Å². The van der Waals surface area contributed by atoms with Crippen molar-refractivity contribution in [1.82, 2.24) is 9.55 Å². The highest BCUT2D eigenvalue weighted by Gasteiger charge is 2.45. The lowest BCUT2D eigenvalue weighted by molar-refractivity contribution is -0.126. The molecule has 4 rings (SSSR count). The molecule has 1 unspecified atom stereocenters. The number of fused-ring (bicyclic) bond motifs is 2. The summed E-state index contributed by atoms with van der Waals surface area (Å²) in [5.74, 6) is -0.380. The normalized spacial score (nSPS) is 16.0. The summed E-state index contributed by atoms with van der Waals surface area (Å²) < 4.78 is 7.30. The van der Waals surface area contributed by atoms with Crippen molar-refractivity contribution in [2.75, 3.05) is 23.9 Å². The number of methoxy groups -OCH3 is 1. The number of rotatable bonds is 6. The third kappa shape index (κ3) is 3.98. The summed E-state index contributed by atoms with van der Waals surface area (Å²) in [5.41, 5.74) is 1.98. The van der Waals surface area contributed by atoms with Gasteiger partial charge in [-0.05, 0) is 51.1 Å². The molecule has 3 aromatic rings. The molecule has 1 aliphatic heterocycles. The number of imidazole rings is 1. The minimum absolute atomic E-state index is 0.161. The predicted octanol–water partition coefficient (Wildman–Crippen LogP) is 4.58. The monoisotopic (exact) mass is 472 g/mol. The molecule has 0 saturated carbocycles. The molecular weight excluding hydrogens is 448 g/mol. The van der Waals surface area contributed by atoms with Gasteiger partial charge in [-0.1, -0.05) is 35.5 Å². The first-order valence-electron chi connectivity index (χ1n) is 10.3. The number of benzene rings is 2. The lowest BCUT2D eigenvalue weighted by Gasteiger charge is -2.43. The quantitative estimate of drug-likeness (QED) is 0.531. The first-order valence-corrected chi connectivity index (χ1v) is 11.6. The number of amides is 2. The SMILES string of the molecule is COCCn1c(SC(C)C(=O)N2c3ccccc3NC(=O)C2(C)C)nc2cc(Cl)ccc21. The summed E-state index contributed by atoms with van der Waals surface area (Å²) in [7, 11) is 1.65. The van der Waals surface area contributed by atoms with Crippen LogP contribution in [0.1, 0.15) is 20.8 Å². The van der Waals surface area contributed by atoms with Crippen molar-refractivity contribution < 1.29 is 14.3 Å². The Bertz CT molecular complexity index is 1190. The van der Waals surface area contributed by atoms with E-state index in [2.05, 4.69) is 5.32 Å². The second-order valence-corrected chi connectivity index (χ2v) is 9.88. The smallest absolute Gasteiger partial charge is 0.250 e. The van der Waals surface area contributed by atoms with Crippen LogP contribution in [-0.4, -0.2) is 45.9 Å². The van der Waals surface area contributed by atoms with E-state index in [1.807, 2.05) is 47.9 Å². The van der Waals surface area contributed by atoms with Gasteiger partial charge in [0.25, 0.3) is 0 Å². The number of thioether (sulfide) groups is 1. The molecule has 9 heteroatoms. The van der Waals surface area contributed by atoms with Crippen LogP contribution in [0.5, 0.6) is 0 Å². The maximum atomic E-state index is 13.7. The van der Waals surface area contributed by atoms with Gasteiger partial charge in [0.05, 0.1) is 34.3 Å². The fourth-order valence-electron chi connectivity index (χ4n) is 3.81. The van der Waals surface area contributed by atoms with Crippen LogP contribution in [0, 0.1) is 0 Å². The Hall–Kier alpha value is -2.55.